The van der Waals surface area contributed by atoms with Gasteiger partial charge in [-0.2, -0.15) is 0 Å². The van der Waals surface area contributed by atoms with Gasteiger partial charge in [0.15, 0.2) is 0 Å². The van der Waals surface area contributed by atoms with Crippen LogP contribution in [-0.2, 0) is 11.3 Å². The quantitative estimate of drug-likeness (QED) is 0.704. The summed E-state index contributed by atoms with van der Waals surface area (Å²) in [4.78, 5) is 4.20. The number of methoxy groups -OCH3 is 1. The first kappa shape index (κ1) is 14.2. The van der Waals surface area contributed by atoms with Gasteiger partial charge in [-0.25, -0.2) is 4.98 Å². The van der Waals surface area contributed by atoms with Crippen molar-refractivity contribution in [3.05, 3.63) is 18.2 Å². The molecule has 0 aliphatic carbocycles. The first-order chi connectivity index (χ1) is 8.05. The van der Waals surface area contributed by atoms with Gasteiger partial charge in [0.2, 0.25) is 0 Å². The van der Waals surface area contributed by atoms with Gasteiger partial charge in [-0.05, 0) is 18.8 Å². The summed E-state index contributed by atoms with van der Waals surface area (Å²) in [6, 6.07) is 0. The lowest BCUT2D eigenvalue weighted by Gasteiger charge is -2.24. The molecule has 0 fully saturated rings. The van der Waals surface area contributed by atoms with E-state index in [1.807, 2.05) is 19.3 Å². The Morgan fingerprint density at radius 1 is 1.47 bits per heavy atom. The van der Waals surface area contributed by atoms with Crippen LogP contribution in [0.5, 0.6) is 0 Å². The van der Waals surface area contributed by atoms with Crippen molar-refractivity contribution in [1.82, 2.24) is 14.9 Å². The minimum Gasteiger partial charge on any atom is -0.385 e. The topological polar surface area (TPSA) is 39.1 Å². The number of ether oxygens (including phenoxy) is 1. The van der Waals surface area contributed by atoms with Crippen molar-refractivity contribution in [1.29, 1.82) is 0 Å². The van der Waals surface area contributed by atoms with Crippen LogP contribution in [0.15, 0.2) is 12.4 Å². The zero-order valence-corrected chi connectivity index (χ0v) is 11.5. The highest BCUT2D eigenvalue weighted by Gasteiger charge is 2.16. The smallest absolute Gasteiger partial charge is 0.105 e. The predicted molar refractivity (Wildman–Crippen MR) is 70.1 cm³/mol. The molecule has 0 amide bonds. The van der Waals surface area contributed by atoms with E-state index in [-0.39, 0.29) is 0 Å². The molecule has 0 aliphatic heterocycles. The Hall–Kier alpha value is -0.870. The van der Waals surface area contributed by atoms with Crippen molar-refractivity contribution in [2.24, 2.45) is 5.41 Å². The van der Waals surface area contributed by atoms with Crippen LogP contribution < -0.4 is 5.32 Å². The summed E-state index contributed by atoms with van der Waals surface area (Å²) in [7, 11) is 1.76. The lowest BCUT2D eigenvalue weighted by Crippen LogP contribution is -2.32. The molecule has 0 unspecified atom stereocenters. The van der Waals surface area contributed by atoms with Crippen LogP contribution in [0.1, 0.15) is 26.1 Å². The summed E-state index contributed by atoms with van der Waals surface area (Å²) in [5.41, 5.74) is 0.292. The van der Waals surface area contributed by atoms with Crippen molar-refractivity contribution in [3.63, 3.8) is 0 Å². The number of hydrogen-bond acceptors (Lipinski definition) is 3. The van der Waals surface area contributed by atoms with Crippen LogP contribution in [0.25, 0.3) is 0 Å². The van der Waals surface area contributed by atoms with E-state index >= 15 is 0 Å². The standard InChI is InChI=1S/C13H25N3O/c1-12-15-7-9-16(12)8-6-14-11-13(2,3)5-10-17-4/h7,9,14H,5-6,8,10-11H2,1-4H3. The van der Waals surface area contributed by atoms with Crippen molar-refractivity contribution in [3.8, 4) is 0 Å². The van der Waals surface area contributed by atoms with Crippen LogP contribution in [-0.4, -0.2) is 36.4 Å². The average Bonchev–Trinajstić information content (AvgIpc) is 2.68. The van der Waals surface area contributed by atoms with Crippen LogP contribution in [0.2, 0.25) is 0 Å². The third kappa shape index (κ3) is 5.33. The van der Waals surface area contributed by atoms with Gasteiger partial charge < -0.3 is 14.6 Å². The number of imidazole rings is 1. The molecule has 0 aliphatic rings. The molecule has 98 valence electrons. The fraction of sp³-hybridized carbons (Fsp3) is 0.769. The lowest BCUT2D eigenvalue weighted by molar-refractivity contribution is 0.150. The van der Waals surface area contributed by atoms with E-state index in [4.69, 9.17) is 4.74 Å². The van der Waals surface area contributed by atoms with E-state index in [0.29, 0.717) is 5.41 Å². The molecule has 0 radical (unpaired) electrons. The molecule has 0 spiro atoms. The third-order valence-electron chi connectivity index (χ3n) is 3.04. The van der Waals surface area contributed by atoms with Crippen LogP contribution in [0.3, 0.4) is 0 Å². The fourth-order valence-corrected chi connectivity index (χ4v) is 1.73. The monoisotopic (exact) mass is 239 g/mol. The maximum atomic E-state index is 5.12. The maximum Gasteiger partial charge on any atom is 0.105 e. The lowest BCUT2D eigenvalue weighted by atomic mass is 9.90. The molecular weight excluding hydrogens is 214 g/mol. The van der Waals surface area contributed by atoms with E-state index < -0.39 is 0 Å². The number of hydrogen-bond donors (Lipinski definition) is 1. The van der Waals surface area contributed by atoms with Gasteiger partial charge in [-0.1, -0.05) is 13.8 Å². The molecule has 1 heterocycles. The molecule has 0 atom stereocenters. The van der Waals surface area contributed by atoms with Crippen LogP contribution >= 0.6 is 0 Å². The average molecular weight is 239 g/mol. The number of aromatic nitrogens is 2. The Kier molecular flexibility index (Phi) is 5.65. The summed E-state index contributed by atoms with van der Waals surface area (Å²) in [6.45, 7) is 10.4. The normalized spacial score (nSPS) is 12.0. The molecular formula is C13H25N3O. The molecule has 0 saturated heterocycles. The molecule has 1 aromatic rings. The van der Waals surface area contributed by atoms with Gasteiger partial charge in [0, 0.05) is 45.7 Å². The summed E-state index contributed by atoms with van der Waals surface area (Å²) in [5, 5.41) is 3.50. The Morgan fingerprint density at radius 2 is 2.24 bits per heavy atom. The Morgan fingerprint density at radius 3 is 2.82 bits per heavy atom. The molecule has 0 bridgehead atoms. The highest BCUT2D eigenvalue weighted by atomic mass is 16.5. The minimum absolute atomic E-state index is 0.292. The van der Waals surface area contributed by atoms with E-state index in [0.717, 1.165) is 38.5 Å². The van der Waals surface area contributed by atoms with E-state index in [2.05, 4.69) is 28.7 Å². The van der Waals surface area contributed by atoms with Crippen molar-refractivity contribution in [2.45, 2.75) is 33.7 Å². The minimum atomic E-state index is 0.292. The van der Waals surface area contributed by atoms with E-state index in [9.17, 15) is 0 Å². The van der Waals surface area contributed by atoms with Gasteiger partial charge >= 0.3 is 0 Å². The highest BCUT2D eigenvalue weighted by Crippen LogP contribution is 2.18. The largest absolute Gasteiger partial charge is 0.385 e. The van der Waals surface area contributed by atoms with Crippen LogP contribution in [0, 0.1) is 12.3 Å². The zero-order chi connectivity index (χ0) is 12.7. The Bertz CT molecular complexity index is 320. The SMILES string of the molecule is COCCC(C)(C)CNCCn1ccnc1C. The van der Waals surface area contributed by atoms with Gasteiger partial charge in [-0.3, -0.25) is 0 Å². The first-order valence-electron chi connectivity index (χ1n) is 6.22. The molecule has 0 aromatic carbocycles. The molecule has 1 N–H and O–H groups in total. The van der Waals surface area contributed by atoms with Gasteiger partial charge in [0.1, 0.15) is 5.82 Å². The molecule has 1 rings (SSSR count). The second-order valence-corrected chi connectivity index (χ2v) is 5.25. The Balaban J connectivity index is 2.17. The molecule has 4 heteroatoms. The van der Waals surface area contributed by atoms with Gasteiger partial charge in [0.25, 0.3) is 0 Å². The summed E-state index contributed by atoms with van der Waals surface area (Å²) in [5.74, 6) is 1.07. The molecule has 1 aromatic heterocycles. The second kappa shape index (κ2) is 6.77. The zero-order valence-electron chi connectivity index (χ0n) is 11.5. The fourth-order valence-electron chi connectivity index (χ4n) is 1.73. The van der Waals surface area contributed by atoms with E-state index in [1.165, 1.54) is 0 Å². The number of nitrogens with zero attached hydrogens (tertiary/aromatic N) is 2. The highest BCUT2D eigenvalue weighted by molar-refractivity contribution is 4.88. The van der Waals surface area contributed by atoms with Crippen molar-refractivity contribution < 1.29 is 4.74 Å². The summed E-state index contributed by atoms with van der Waals surface area (Å²) < 4.78 is 7.28. The number of nitrogens with one attached hydrogen (secondary N) is 1. The predicted octanol–water partition coefficient (Wildman–Crippen LogP) is 1.84. The second-order valence-electron chi connectivity index (χ2n) is 5.25. The maximum absolute atomic E-state index is 5.12. The van der Waals surface area contributed by atoms with Gasteiger partial charge in [0.05, 0.1) is 0 Å². The van der Waals surface area contributed by atoms with Gasteiger partial charge in [-0.15, -0.1) is 0 Å². The molecule has 4 nitrogen and oxygen atoms in total. The number of rotatable bonds is 8. The van der Waals surface area contributed by atoms with Crippen molar-refractivity contribution >= 4 is 0 Å². The molecule has 17 heavy (non-hydrogen) atoms. The van der Waals surface area contributed by atoms with E-state index in [1.54, 1.807) is 7.11 Å². The summed E-state index contributed by atoms with van der Waals surface area (Å²) >= 11 is 0. The Labute approximate surface area is 104 Å². The van der Waals surface area contributed by atoms with Crippen LogP contribution in [0.4, 0.5) is 0 Å². The van der Waals surface area contributed by atoms with Crippen molar-refractivity contribution in [2.75, 3.05) is 26.8 Å². The summed E-state index contributed by atoms with van der Waals surface area (Å²) in [6.07, 6.45) is 4.95. The first-order valence-corrected chi connectivity index (χ1v) is 6.22. The number of aryl methyl sites for hydroxylation is 1. The molecule has 0 saturated carbocycles. The third-order valence-corrected chi connectivity index (χ3v) is 3.04.